The van der Waals surface area contributed by atoms with E-state index < -0.39 is 0 Å². The van der Waals surface area contributed by atoms with Crippen LogP contribution in [0.1, 0.15) is 69.4 Å². The fourth-order valence-electron chi connectivity index (χ4n) is 3.90. The van der Waals surface area contributed by atoms with Crippen molar-refractivity contribution in [3.05, 3.63) is 35.4 Å². The van der Waals surface area contributed by atoms with Crippen molar-refractivity contribution in [1.82, 2.24) is 0 Å². The van der Waals surface area contributed by atoms with Crippen molar-refractivity contribution >= 4 is 0 Å². The van der Waals surface area contributed by atoms with Gasteiger partial charge in [0.25, 0.3) is 0 Å². The molecule has 1 aliphatic rings. The van der Waals surface area contributed by atoms with Crippen molar-refractivity contribution in [3.63, 3.8) is 0 Å². The van der Waals surface area contributed by atoms with Gasteiger partial charge in [-0.3, -0.25) is 0 Å². The summed E-state index contributed by atoms with van der Waals surface area (Å²) >= 11 is 0. The van der Waals surface area contributed by atoms with E-state index in [4.69, 9.17) is 5.73 Å². The molecule has 0 aromatic heterocycles. The first kappa shape index (κ1) is 15.6. The van der Waals surface area contributed by atoms with Crippen LogP contribution in [0.3, 0.4) is 0 Å². The average Bonchev–Trinajstić information content (AvgIpc) is 2.49. The topological polar surface area (TPSA) is 26.0 Å². The standard InChI is InChI=1S/C19H31N/c1-3-5-15-7-10-17(11-8-15)19-13-16(6-4-2)9-12-18(19)14-20/h7-8,10-11,16,18-19H,3-6,9,12-14,20H2,1-2H3. The van der Waals surface area contributed by atoms with E-state index in [2.05, 4.69) is 38.1 Å². The quantitative estimate of drug-likeness (QED) is 0.784. The van der Waals surface area contributed by atoms with E-state index in [1.54, 1.807) is 0 Å². The van der Waals surface area contributed by atoms with Crippen molar-refractivity contribution < 1.29 is 0 Å². The third-order valence-corrected chi connectivity index (χ3v) is 5.05. The minimum Gasteiger partial charge on any atom is -0.330 e. The van der Waals surface area contributed by atoms with Gasteiger partial charge in [-0.2, -0.15) is 0 Å². The normalized spacial score (nSPS) is 26.6. The number of nitrogens with two attached hydrogens (primary N) is 1. The molecule has 1 aromatic rings. The lowest BCUT2D eigenvalue weighted by atomic mass is 9.70. The summed E-state index contributed by atoms with van der Waals surface area (Å²) in [6.07, 6.45) is 9.20. The molecule has 0 aliphatic heterocycles. The van der Waals surface area contributed by atoms with E-state index >= 15 is 0 Å². The minimum atomic E-state index is 0.695. The van der Waals surface area contributed by atoms with Crippen LogP contribution in [0, 0.1) is 11.8 Å². The van der Waals surface area contributed by atoms with Gasteiger partial charge in [-0.25, -0.2) is 0 Å². The lowest BCUT2D eigenvalue weighted by Crippen LogP contribution is -2.29. The summed E-state index contributed by atoms with van der Waals surface area (Å²) in [4.78, 5) is 0. The molecule has 0 amide bonds. The van der Waals surface area contributed by atoms with Gasteiger partial charge in [0.2, 0.25) is 0 Å². The molecule has 1 heteroatoms. The van der Waals surface area contributed by atoms with Crippen LogP contribution in [-0.4, -0.2) is 6.54 Å². The van der Waals surface area contributed by atoms with Crippen LogP contribution in [0.2, 0.25) is 0 Å². The smallest absolute Gasteiger partial charge is 0.00430 e. The van der Waals surface area contributed by atoms with E-state index in [-0.39, 0.29) is 0 Å². The molecule has 2 rings (SSSR count). The van der Waals surface area contributed by atoms with Crippen LogP contribution in [-0.2, 0) is 6.42 Å². The maximum Gasteiger partial charge on any atom is -0.00430 e. The zero-order valence-corrected chi connectivity index (χ0v) is 13.3. The highest BCUT2D eigenvalue weighted by atomic mass is 14.6. The van der Waals surface area contributed by atoms with Crippen molar-refractivity contribution in [2.75, 3.05) is 6.54 Å². The Bertz CT molecular complexity index is 381. The molecule has 112 valence electrons. The van der Waals surface area contributed by atoms with Crippen LogP contribution in [0.15, 0.2) is 24.3 Å². The number of hydrogen-bond acceptors (Lipinski definition) is 1. The van der Waals surface area contributed by atoms with Crippen molar-refractivity contribution in [2.45, 2.75) is 64.7 Å². The minimum absolute atomic E-state index is 0.695. The average molecular weight is 273 g/mol. The van der Waals surface area contributed by atoms with Gasteiger partial charge in [0.1, 0.15) is 0 Å². The Morgan fingerprint density at radius 1 is 1.05 bits per heavy atom. The molecule has 3 unspecified atom stereocenters. The largest absolute Gasteiger partial charge is 0.330 e. The predicted octanol–water partition coefficient (Wildman–Crippen LogP) is 4.90. The third-order valence-electron chi connectivity index (χ3n) is 5.05. The van der Waals surface area contributed by atoms with Crippen LogP contribution >= 0.6 is 0 Å². The molecular weight excluding hydrogens is 242 g/mol. The number of hydrogen-bond donors (Lipinski definition) is 1. The van der Waals surface area contributed by atoms with Gasteiger partial charge >= 0.3 is 0 Å². The molecule has 0 radical (unpaired) electrons. The van der Waals surface area contributed by atoms with E-state index in [0.717, 1.165) is 12.5 Å². The molecule has 3 atom stereocenters. The molecule has 1 aliphatic carbocycles. The maximum atomic E-state index is 6.03. The molecular formula is C19H31N. The Morgan fingerprint density at radius 2 is 1.80 bits per heavy atom. The summed E-state index contributed by atoms with van der Waals surface area (Å²) in [5.41, 5.74) is 9.03. The van der Waals surface area contributed by atoms with E-state index in [9.17, 15) is 0 Å². The van der Waals surface area contributed by atoms with Gasteiger partial charge < -0.3 is 5.73 Å². The van der Waals surface area contributed by atoms with Crippen LogP contribution in [0.5, 0.6) is 0 Å². The lowest BCUT2D eigenvalue weighted by molar-refractivity contribution is 0.230. The molecule has 20 heavy (non-hydrogen) atoms. The monoisotopic (exact) mass is 273 g/mol. The van der Waals surface area contributed by atoms with Gasteiger partial charge in [0.05, 0.1) is 0 Å². The highest BCUT2D eigenvalue weighted by Gasteiger charge is 2.30. The summed E-state index contributed by atoms with van der Waals surface area (Å²) in [7, 11) is 0. The lowest BCUT2D eigenvalue weighted by Gasteiger charge is -2.36. The van der Waals surface area contributed by atoms with Gasteiger partial charge in [-0.15, -0.1) is 0 Å². The highest BCUT2D eigenvalue weighted by Crippen LogP contribution is 2.41. The molecule has 0 bridgehead atoms. The summed E-state index contributed by atoms with van der Waals surface area (Å²) < 4.78 is 0. The first-order valence-corrected chi connectivity index (χ1v) is 8.57. The van der Waals surface area contributed by atoms with Crippen molar-refractivity contribution in [3.8, 4) is 0 Å². The van der Waals surface area contributed by atoms with Gasteiger partial charge in [-0.1, -0.05) is 63.8 Å². The Kier molecular flexibility index (Phi) is 6.09. The second-order valence-corrected chi connectivity index (χ2v) is 6.56. The van der Waals surface area contributed by atoms with Crippen LogP contribution < -0.4 is 5.73 Å². The summed E-state index contributed by atoms with van der Waals surface area (Å²) in [5.74, 6) is 2.31. The SMILES string of the molecule is CCCc1ccc(C2CC(CCC)CCC2CN)cc1. The molecule has 0 spiro atoms. The fraction of sp³-hybridized carbons (Fsp3) is 0.684. The molecule has 1 fully saturated rings. The Hall–Kier alpha value is -0.820. The molecule has 1 saturated carbocycles. The second kappa shape index (κ2) is 7.83. The summed E-state index contributed by atoms with van der Waals surface area (Å²) in [6, 6.07) is 9.39. The van der Waals surface area contributed by atoms with E-state index in [0.29, 0.717) is 11.8 Å². The molecule has 2 N–H and O–H groups in total. The third kappa shape index (κ3) is 3.85. The van der Waals surface area contributed by atoms with Crippen LogP contribution in [0.4, 0.5) is 0 Å². The second-order valence-electron chi connectivity index (χ2n) is 6.56. The maximum absolute atomic E-state index is 6.03. The molecule has 1 aromatic carbocycles. The predicted molar refractivity (Wildman–Crippen MR) is 88.0 cm³/mol. The highest BCUT2D eigenvalue weighted by molar-refractivity contribution is 5.26. The fourth-order valence-corrected chi connectivity index (χ4v) is 3.90. The summed E-state index contributed by atoms with van der Waals surface area (Å²) in [6.45, 7) is 5.40. The molecule has 1 nitrogen and oxygen atoms in total. The Labute approximate surface area is 125 Å². The summed E-state index contributed by atoms with van der Waals surface area (Å²) in [5, 5.41) is 0. The van der Waals surface area contributed by atoms with E-state index in [1.165, 1.54) is 56.1 Å². The van der Waals surface area contributed by atoms with Crippen molar-refractivity contribution in [2.24, 2.45) is 17.6 Å². The van der Waals surface area contributed by atoms with Gasteiger partial charge in [0, 0.05) is 0 Å². The Balaban J connectivity index is 2.09. The van der Waals surface area contributed by atoms with Gasteiger partial charge in [-0.05, 0) is 54.7 Å². The zero-order valence-electron chi connectivity index (χ0n) is 13.3. The van der Waals surface area contributed by atoms with Crippen LogP contribution in [0.25, 0.3) is 0 Å². The Morgan fingerprint density at radius 3 is 2.40 bits per heavy atom. The number of rotatable bonds is 6. The van der Waals surface area contributed by atoms with Crippen molar-refractivity contribution in [1.29, 1.82) is 0 Å². The number of aryl methyl sites for hydroxylation is 1. The first-order valence-electron chi connectivity index (χ1n) is 8.57. The molecule has 0 saturated heterocycles. The zero-order chi connectivity index (χ0) is 14.4. The van der Waals surface area contributed by atoms with Gasteiger partial charge in [0.15, 0.2) is 0 Å². The van der Waals surface area contributed by atoms with E-state index in [1.807, 2.05) is 0 Å². The first-order chi connectivity index (χ1) is 9.78. The molecule has 0 heterocycles. The number of benzene rings is 1.